The van der Waals surface area contributed by atoms with Gasteiger partial charge < -0.3 is 0 Å². The first-order valence-corrected chi connectivity index (χ1v) is 4.27. The molecule has 0 unspecified atom stereocenters. The molecule has 0 aliphatic heterocycles. The van der Waals surface area contributed by atoms with E-state index in [1.165, 1.54) is 0 Å². The Kier molecular flexibility index (Phi) is 2.96. The summed E-state index contributed by atoms with van der Waals surface area (Å²) in [5.41, 5.74) is 1.05. The molecular formula is C11H14N2. The van der Waals surface area contributed by atoms with E-state index >= 15 is 0 Å². The fourth-order valence-electron chi connectivity index (χ4n) is 0.840. The third-order valence-corrected chi connectivity index (χ3v) is 1.87. The van der Waals surface area contributed by atoms with E-state index in [1.807, 2.05) is 6.08 Å². The van der Waals surface area contributed by atoms with Gasteiger partial charge in [-0.05, 0) is 12.0 Å². The zero-order valence-corrected chi connectivity index (χ0v) is 8.12. The lowest BCUT2D eigenvalue weighted by Crippen LogP contribution is -2.29. The Bertz CT molecular complexity index is 404. The van der Waals surface area contributed by atoms with Crippen molar-refractivity contribution in [2.45, 2.75) is 13.8 Å². The number of hydrogen-bond acceptors (Lipinski definition) is 2. The van der Waals surface area contributed by atoms with Crippen molar-refractivity contribution in [2.75, 3.05) is 0 Å². The van der Waals surface area contributed by atoms with E-state index in [1.54, 1.807) is 12.4 Å². The van der Waals surface area contributed by atoms with Gasteiger partial charge in [0.1, 0.15) is 0 Å². The average molecular weight is 174 g/mol. The van der Waals surface area contributed by atoms with Gasteiger partial charge in [0, 0.05) is 12.4 Å². The van der Waals surface area contributed by atoms with Crippen LogP contribution in [-0.2, 0) is 0 Å². The number of rotatable bonds is 2. The molecule has 0 amide bonds. The molecule has 0 aliphatic carbocycles. The Hall–Kier alpha value is -1.44. The Morgan fingerprint density at radius 1 is 1.38 bits per heavy atom. The van der Waals surface area contributed by atoms with Crippen LogP contribution in [0.25, 0.3) is 12.7 Å². The monoisotopic (exact) mass is 174 g/mol. The molecule has 0 saturated heterocycles. The van der Waals surface area contributed by atoms with E-state index in [2.05, 4.69) is 37.0 Å². The topological polar surface area (TPSA) is 25.8 Å². The van der Waals surface area contributed by atoms with Crippen molar-refractivity contribution in [3.63, 3.8) is 0 Å². The SMILES string of the molecule is C=C(/C=c1/nccnc1=C)C(C)C. The maximum atomic E-state index is 4.16. The van der Waals surface area contributed by atoms with Crippen molar-refractivity contribution in [3.8, 4) is 0 Å². The number of hydrogen-bond donors (Lipinski definition) is 0. The van der Waals surface area contributed by atoms with E-state index < -0.39 is 0 Å². The quantitative estimate of drug-likeness (QED) is 0.665. The molecule has 1 aromatic rings. The molecule has 0 spiro atoms. The lowest BCUT2D eigenvalue weighted by molar-refractivity contribution is 0.804. The minimum Gasteiger partial charge on any atom is -0.254 e. The highest BCUT2D eigenvalue weighted by Gasteiger charge is 1.95. The van der Waals surface area contributed by atoms with Gasteiger partial charge in [0.05, 0.1) is 10.7 Å². The summed E-state index contributed by atoms with van der Waals surface area (Å²) in [4.78, 5) is 8.20. The van der Waals surface area contributed by atoms with Gasteiger partial charge in [0.25, 0.3) is 0 Å². The normalized spacial score (nSPS) is 12.1. The third-order valence-electron chi connectivity index (χ3n) is 1.87. The zero-order chi connectivity index (χ0) is 9.84. The molecule has 1 rings (SSSR count). The lowest BCUT2D eigenvalue weighted by Gasteiger charge is -2.01. The minimum absolute atomic E-state index is 0.432. The number of nitrogens with zero attached hydrogens (tertiary/aromatic N) is 2. The summed E-state index contributed by atoms with van der Waals surface area (Å²) in [6.45, 7) is 11.9. The highest BCUT2D eigenvalue weighted by molar-refractivity contribution is 5.43. The van der Waals surface area contributed by atoms with Crippen LogP contribution in [0.4, 0.5) is 0 Å². The third kappa shape index (κ3) is 2.51. The van der Waals surface area contributed by atoms with E-state index in [4.69, 9.17) is 0 Å². The largest absolute Gasteiger partial charge is 0.254 e. The minimum atomic E-state index is 0.432. The average Bonchev–Trinajstić information content (AvgIpc) is 2.08. The Morgan fingerprint density at radius 3 is 2.54 bits per heavy atom. The molecule has 0 aromatic carbocycles. The summed E-state index contributed by atoms with van der Waals surface area (Å²) in [6.07, 6.45) is 5.23. The van der Waals surface area contributed by atoms with Crippen LogP contribution in [0.5, 0.6) is 0 Å². The van der Waals surface area contributed by atoms with Crippen LogP contribution in [0.2, 0.25) is 0 Å². The van der Waals surface area contributed by atoms with E-state index in [0.29, 0.717) is 11.3 Å². The first-order chi connectivity index (χ1) is 6.11. The summed E-state index contributed by atoms with van der Waals surface area (Å²) in [7, 11) is 0. The fourth-order valence-corrected chi connectivity index (χ4v) is 0.840. The number of aromatic nitrogens is 2. The number of allylic oxidation sites excluding steroid dienone is 1. The van der Waals surface area contributed by atoms with Gasteiger partial charge in [-0.15, -0.1) is 0 Å². The molecule has 0 bridgehead atoms. The second kappa shape index (κ2) is 3.99. The smallest absolute Gasteiger partial charge is 0.0883 e. The highest BCUT2D eigenvalue weighted by Crippen LogP contribution is 2.06. The summed E-state index contributed by atoms with van der Waals surface area (Å²) < 4.78 is 0. The molecule has 2 nitrogen and oxygen atoms in total. The molecule has 0 atom stereocenters. The predicted molar refractivity (Wildman–Crippen MR) is 55.2 cm³/mol. The summed E-state index contributed by atoms with van der Waals surface area (Å²) in [5, 5.41) is 1.51. The van der Waals surface area contributed by atoms with Gasteiger partial charge in [-0.2, -0.15) is 0 Å². The molecule has 0 N–H and O–H groups in total. The van der Waals surface area contributed by atoms with Crippen LogP contribution >= 0.6 is 0 Å². The molecule has 1 heterocycles. The molecule has 0 radical (unpaired) electrons. The van der Waals surface area contributed by atoms with Crippen LogP contribution in [0.15, 0.2) is 24.5 Å². The van der Waals surface area contributed by atoms with Crippen molar-refractivity contribution in [1.29, 1.82) is 0 Å². The maximum absolute atomic E-state index is 4.16. The fraction of sp³-hybridized carbons (Fsp3) is 0.273. The van der Waals surface area contributed by atoms with E-state index in [-0.39, 0.29) is 0 Å². The predicted octanol–water partition coefficient (Wildman–Crippen LogP) is 0.880. The molecule has 1 aromatic heterocycles. The zero-order valence-electron chi connectivity index (χ0n) is 8.12. The summed E-state index contributed by atoms with van der Waals surface area (Å²) in [5.74, 6) is 0.432. The first kappa shape index (κ1) is 9.65. The molecule has 0 fully saturated rings. The maximum Gasteiger partial charge on any atom is 0.0883 e. The van der Waals surface area contributed by atoms with Crippen molar-refractivity contribution in [1.82, 2.24) is 9.97 Å². The Labute approximate surface area is 78.4 Å². The Morgan fingerprint density at radius 2 is 2.00 bits per heavy atom. The van der Waals surface area contributed by atoms with Crippen molar-refractivity contribution < 1.29 is 0 Å². The van der Waals surface area contributed by atoms with Gasteiger partial charge in [-0.25, -0.2) is 0 Å². The molecule has 68 valence electrons. The molecule has 2 heteroatoms. The molecule has 13 heavy (non-hydrogen) atoms. The van der Waals surface area contributed by atoms with Crippen molar-refractivity contribution >= 4 is 12.7 Å². The van der Waals surface area contributed by atoms with Gasteiger partial charge in [-0.1, -0.05) is 32.6 Å². The van der Waals surface area contributed by atoms with Gasteiger partial charge in [-0.3, -0.25) is 9.97 Å². The molecular weight excluding hydrogens is 160 g/mol. The van der Waals surface area contributed by atoms with Crippen LogP contribution in [-0.4, -0.2) is 9.97 Å². The van der Waals surface area contributed by atoms with Crippen LogP contribution in [0, 0.1) is 5.92 Å². The van der Waals surface area contributed by atoms with E-state index in [0.717, 1.165) is 10.9 Å². The summed E-state index contributed by atoms with van der Waals surface area (Å²) in [6, 6.07) is 0. The standard InChI is InChI=1S/C11H14N2/c1-8(2)9(3)7-11-10(4)12-5-6-13-11/h5-8H,3-4H2,1-2H3/b11-7+. The highest BCUT2D eigenvalue weighted by atomic mass is 14.7. The van der Waals surface area contributed by atoms with Crippen molar-refractivity contribution in [3.05, 3.63) is 35.2 Å². The van der Waals surface area contributed by atoms with Crippen LogP contribution < -0.4 is 10.7 Å². The first-order valence-electron chi connectivity index (χ1n) is 4.27. The lowest BCUT2D eigenvalue weighted by atomic mass is 10.1. The van der Waals surface area contributed by atoms with Gasteiger partial charge in [0.15, 0.2) is 0 Å². The van der Waals surface area contributed by atoms with E-state index in [9.17, 15) is 0 Å². The molecule has 0 saturated carbocycles. The van der Waals surface area contributed by atoms with Gasteiger partial charge in [0.2, 0.25) is 0 Å². The molecule has 0 aliphatic rings. The Balaban J connectivity index is 3.16. The van der Waals surface area contributed by atoms with Gasteiger partial charge >= 0.3 is 0 Å². The second-order valence-electron chi connectivity index (χ2n) is 3.26. The van der Waals surface area contributed by atoms with Crippen LogP contribution in [0.3, 0.4) is 0 Å². The van der Waals surface area contributed by atoms with Crippen molar-refractivity contribution in [2.24, 2.45) is 5.92 Å². The second-order valence-corrected chi connectivity index (χ2v) is 3.26. The summed E-state index contributed by atoms with van der Waals surface area (Å²) >= 11 is 0. The van der Waals surface area contributed by atoms with Crippen LogP contribution in [0.1, 0.15) is 13.8 Å².